The molecule has 0 saturated carbocycles. The fraction of sp³-hybridized carbons (Fsp3) is 0.857. The van der Waals surface area contributed by atoms with E-state index in [-0.39, 0.29) is 6.67 Å². The Hall–Kier alpha value is -0.780. The van der Waals surface area contributed by atoms with Crippen LogP contribution in [0.5, 0.6) is 0 Å². The number of alkyl halides is 3. The first-order valence-corrected chi connectivity index (χ1v) is 3.94. The highest BCUT2D eigenvalue weighted by atomic mass is 19.4. The number of hydrogen-bond donors (Lipinski definition) is 1. The van der Waals surface area contributed by atoms with Gasteiger partial charge >= 0.3 is 6.18 Å². The van der Waals surface area contributed by atoms with Gasteiger partial charge in [-0.2, -0.15) is 13.2 Å². The zero-order valence-corrected chi connectivity index (χ0v) is 7.35. The minimum atomic E-state index is -4.35. The Morgan fingerprint density at radius 2 is 2.15 bits per heavy atom. The van der Waals surface area contributed by atoms with E-state index in [1.807, 2.05) is 0 Å². The van der Waals surface area contributed by atoms with Crippen molar-refractivity contribution in [3.63, 3.8) is 0 Å². The minimum absolute atomic E-state index is 0.0271. The molecule has 1 aliphatic rings. The Balaban J connectivity index is 2.69. The summed E-state index contributed by atoms with van der Waals surface area (Å²) in [5.41, 5.74) is 0. The van der Waals surface area contributed by atoms with Crippen molar-refractivity contribution in [2.75, 3.05) is 6.67 Å². The highest BCUT2D eigenvalue weighted by molar-refractivity contribution is 5.83. The maximum Gasteiger partial charge on any atom is 0.408 e. The van der Waals surface area contributed by atoms with Crippen LogP contribution in [0, 0.1) is 0 Å². The van der Waals surface area contributed by atoms with Crippen LogP contribution >= 0.6 is 0 Å². The molecule has 0 aromatic carbocycles. The number of carbonyl (C=O) groups excluding carboxylic acids is 1. The molecular weight excluding hydrogens is 185 g/mol. The molecule has 1 fully saturated rings. The lowest BCUT2D eigenvalue weighted by Crippen LogP contribution is -2.45. The van der Waals surface area contributed by atoms with Crippen LogP contribution in [0.1, 0.15) is 13.8 Å². The highest BCUT2D eigenvalue weighted by Crippen LogP contribution is 2.25. The molecule has 0 aromatic heterocycles. The van der Waals surface area contributed by atoms with Gasteiger partial charge in [-0.15, -0.1) is 0 Å². The first-order valence-electron chi connectivity index (χ1n) is 3.94. The summed E-state index contributed by atoms with van der Waals surface area (Å²) in [5.74, 6) is -0.496. The average molecular weight is 196 g/mol. The molecule has 76 valence electrons. The van der Waals surface area contributed by atoms with Gasteiger partial charge in [0.25, 0.3) is 0 Å². The average Bonchev–Trinajstić information content (AvgIpc) is 2.30. The zero-order chi connectivity index (χ0) is 10.2. The van der Waals surface area contributed by atoms with E-state index in [1.54, 1.807) is 6.92 Å². The number of nitrogens with zero attached hydrogens (tertiary/aromatic N) is 1. The third-order valence-corrected chi connectivity index (χ3v) is 2.16. The molecule has 1 saturated heterocycles. The van der Waals surface area contributed by atoms with Crippen molar-refractivity contribution >= 4 is 5.91 Å². The van der Waals surface area contributed by atoms with Crippen LogP contribution in [0.25, 0.3) is 0 Å². The Bertz CT molecular complexity index is 216. The largest absolute Gasteiger partial charge is 0.408 e. The molecule has 6 heteroatoms. The molecule has 1 amide bonds. The molecule has 0 spiro atoms. The number of halogens is 3. The Morgan fingerprint density at radius 1 is 1.62 bits per heavy atom. The molecule has 2 unspecified atom stereocenters. The summed E-state index contributed by atoms with van der Waals surface area (Å²) in [6.45, 7) is 2.50. The summed E-state index contributed by atoms with van der Waals surface area (Å²) < 4.78 is 36.5. The SMILES string of the molecule is CC1NCN(C(C)C(F)(F)F)C1=O. The molecule has 1 rings (SSSR count). The quantitative estimate of drug-likeness (QED) is 0.670. The fourth-order valence-corrected chi connectivity index (χ4v) is 1.15. The lowest BCUT2D eigenvalue weighted by atomic mass is 10.2. The Kier molecular flexibility index (Phi) is 2.51. The van der Waals surface area contributed by atoms with Crippen molar-refractivity contribution in [1.82, 2.24) is 10.2 Å². The van der Waals surface area contributed by atoms with Crippen LogP contribution in [-0.4, -0.2) is 35.7 Å². The molecular formula is C7H11F3N2O. The molecule has 0 aliphatic carbocycles. The van der Waals surface area contributed by atoms with Crippen LogP contribution in [0.4, 0.5) is 13.2 Å². The van der Waals surface area contributed by atoms with E-state index in [9.17, 15) is 18.0 Å². The fourth-order valence-electron chi connectivity index (χ4n) is 1.15. The molecule has 0 bridgehead atoms. The van der Waals surface area contributed by atoms with Crippen molar-refractivity contribution in [3.05, 3.63) is 0 Å². The Labute approximate surface area is 73.9 Å². The van der Waals surface area contributed by atoms with Crippen LogP contribution in [0.2, 0.25) is 0 Å². The van der Waals surface area contributed by atoms with Gasteiger partial charge in [0.2, 0.25) is 5.91 Å². The smallest absolute Gasteiger partial charge is 0.317 e. The van der Waals surface area contributed by atoms with Gasteiger partial charge in [-0.25, -0.2) is 0 Å². The first kappa shape index (κ1) is 10.3. The van der Waals surface area contributed by atoms with Gasteiger partial charge in [0.05, 0.1) is 12.7 Å². The Morgan fingerprint density at radius 3 is 2.46 bits per heavy atom. The molecule has 2 atom stereocenters. The second kappa shape index (κ2) is 3.17. The molecule has 1 heterocycles. The van der Waals surface area contributed by atoms with Gasteiger partial charge in [0.15, 0.2) is 0 Å². The second-order valence-electron chi connectivity index (χ2n) is 3.11. The molecule has 1 aliphatic heterocycles. The maximum absolute atomic E-state index is 12.2. The summed E-state index contributed by atoms with van der Waals surface area (Å²) in [7, 11) is 0. The van der Waals surface area contributed by atoms with Gasteiger partial charge in [0, 0.05) is 0 Å². The lowest BCUT2D eigenvalue weighted by molar-refractivity contribution is -0.182. The summed E-state index contributed by atoms with van der Waals surface area (Å²) in [5, 5.41) is 2.65. The minimum Gasteiger partial charge on any atom is -0.317 e. The summed E-state index contributed by atoms with van der Waals surface area (Å²) >= 11 is 0. The zero-order valence-electron chi connectivity index (χ0n) is 7.35. The van der Waals surface area contributed by atoms with E-state index >= 15 is 0 Å². The van der Waals surface area contributed by atoms with Crippen LogP contribution in [0.15, 0.2) is 0 Å². The second-order valence-corrected chi connectivity index (χ2v) is 3.11. The van der Waals surface area contributed by atoms with Crippen LogP contribution in [0.3, 0.4) is 0 Å². The predicted octanol–water partition coefficient (Wildman–Crippen LogP) is 0.715. The maximum atomic E-state index is 12.2. The van der Waals surface area contributed by atoms with Crippen molar-refractivity contribution < 1.29 is 18.0 Å². The van der Waals surface area contributed by atoms with Crippen molar-refractivity contribution in [3.8, 4) is 0 Å². The van der Waals surface area contributed by atoms with Crippen molar-refractivity contribution in [1.29, 1.82) is 0 Å². The summed E-state index contributed by atoms with van der Waals surface area (Å²) in [4.78, 5) is 12.0. The molecule has 13 heavy (non-hydrogen) atoms. The summed E-state index contributed by atoms with van der Waals surface area (Å²) in [6.07, 6.45) is -4.35. The van der Waals surface area contributed by atoms with E-state index in [1.165, 1.54) is 0 Å². The predicted molar refractivity (Wildman–Crippen MR) is 39.8 cm³/mol. The monoisotopic (exact) mass is 196 g/mol. The third-order valence-electron chi connectivity index (χ3n) is 2.16. The lowest BCUT2D eigenvalue weighted by Gasteiger charge is -2.25. The number of carbonyl (C=O) groups is 1. The standard InChI is InChI=1S/C7H11F3N2O/c1-4-6(13)12(3-11-4)5(2)7(8,9)10/h4-5,11H,3H2,1-2H3. The number of rotatable bonds is 1. The van der Waals surface area contributed by atoms with Crippen LogP contribution in [-0.2, 0) is 4.79 Å². The van der Waals surface area contributed by atoms with Crippen molar-refractivity contribution in [2.45, 2.75) is 32.1 Å². The van der Waals surface area contributed by atoms with E-state index in [0.29, 0.717) is 0 Å². The number of hydrogen-bond acceptors (Lipinski definition) is 2. The first-order chi connectivity index (χ1) is 5.84. The van der Waals surface area contributed by atoms with Gasteiger partial charge in [-0.05, 0) is 13.8 Å². The van der Waals surface area contributed by atoms with Gasteiger partial charge < -0.3 is 4.90 Å². The van der Waals surface area contributed by atoms with Gasteiger partial charge in [0.1, 0.15) is 6.04 Å². The third kappa shape index (κ3) is 1.93. The number of amides is 1. The molecule has 1 N–H and O–H groups in total. The molecule has 0 radical (unpaired) electrons. The number of nitrogens with one attached hydrogen (secondary N) is 1. The highest BCUT2D eigenvalue weighted by Gasteiger charge is 2.44. The normalized spacial score (nSPS) is 26.7. The van der Waals surface area contributed by atoms with E-state index in [0.717, 1.165) is 11.8 Å². The summed E-state index contributed by atoms with van der Waals surface area (Å²) in [6, 6.07) is -2.22. The van der Waals surface area contributed by atoms with Crippen LogP contribution < -0.4 is 5.32 Å². The van der Waals surface area contributed by atoms with E-state index < -0.39 is 24.2 Å². The van der Waals surface area contributed by atoms with E-state index in [4.69, 9.17) is 0 Å². The van der Waals surface area contributed by atoms with Gasteiger partial charge in [-0.3, -0.25) is 10.1 Å². The molecule has 0 aromatic rings. The van der Waals surface area contributed by atoms with Crippen molar-refractivity contribution in [2.24, 2.45) is 0 Å². The van der Waals surface area contributed by atoms with Gasteiger partial charge in [-0.1, -0.05) is 0 Å². The van der Waals surface area contributed by atoms with E-state index in [2.05, 4.69) is 5.32 Å². The topological polar surface area (TPSA) is 32.3 Å². The molecule has 3 nitrogen and oxygen atoms in total.